The van der Waals surface area contributed by atoms with E-state index in [-0.39, 0.29) is 18.9 Å². The summed E-state index contributed by atoms with van der Waals surface area (Å²) in [7, 11) is 0. The highest BCUT2D eigenvalue weighted by Crippen LogP contribution is 2.37. The van der Waals surface area contributed by atoms with Crippen molar-refractivity contribution in [1.82, 2.24) is 9.80 Å². The van der Waals surface area contributed by atoms with E-state index in [1.807, 2.05) is 30.3 Å². The molecule has 2 fully saturated rings. The van der Waals surface area contributed by atoms with Gasteiger partial charge in [0.2, 0.25) is 5.91 Å². The van der Waals surface area contributed by atoms with Crippen molar-refractivity contribution < 1.29 is 19.4 Å². The molecule has 0 unspecified atom stereocenters. The molecule has 2 saturated heterocycles. The number of carboxylic acids is 1. The van der Waals surface area contributed by atoms with E-state index in [0.29, 0.717) is 12.8 Å². The van der Waals surface area contributed by atoms with Gasteiger partial charge in [-0.05, 0) is 18.5 Å². The topological polar surface area (TPSA) is 70.1 Å². The maximum absolute atomic E-state index is 13.0. The van der Waals surface area contributed by atoms with Crippen LogP contribution in [0.15, 0.2) is 30.3 Å². The predicted octanol–water partition coefficient (Wildman–Crippen LogP) is 1.74. The van der Waals surface area contributed by atoms with Crippen LogP contribution in [0.4, 0.5) is 0 Å². The van der Waals surface area contributed by atoms with E-state index in [4.69, 9.17) is 4.74 Å². The third kappa shape index (κ3) is 3.70. The van der Waals surface area contributed by atoms with Crippen molar-refractivity contribution >= 4 is 11.9 Å². The smallest absolute Gasteiger partial charge is 0.328 e. The number of rotatable bonds is 5. The van der Waals surface area contributed by atoms with Gasteiger partial charge in [-0.3, -0.25) is 9.69 Å². The zero-order valence-electron chi connectivity index (χ0n) is 14.7. The second-order valence-corrected chi connectivity index (χ2v) is 6.88. The molecule has 0 aromatic heterocycles. The number of likely N-dealkylation sites (tertiary alicyclic amines) is 1. The van der Waals surface area contributed by atoms with Crippen LogP contribution in [0.1, 0.15) is 31.7 Å². The number of amides is 1. The van der Waals surface area contributed by atoms with Gasteiger partial charge in [0, 0.05) is 25.9 Å². The average Bonchev–Trinajstić information content (AvgIpc) is 2.97. The summed E-state index contributed by atoms with van der Waals surface area (Å²) in [6.07, 6.45) is 2.62. The quantitative estimate of drug-likeness (QED) is 0.879. The highest BCUT2D eigenvalue weighted by atomic mass is 16.5. The molecule has 0 radical (unpaired) electrons. The van der Waals surface area contributed by atoms with Gasteiger partial charge in [0.15, 0.2) is 6.04 Å². The Morgan fingerprint density at radius 2 is 1.92 bits per heavy atom. The Morgan fingerprint density at radius 3 is 2.52 bits per heavy atom. The first kappa shape index (κ1) is 17.9. The third-order valence-electron chi connectivity index (χ3n) is 5.19. The fourth-order valence-electron chi connectivity index (χ4n) is 3.93. The van der Waals surface area contributed by atoms with Crippen LogP contribution < -0.4 is 0 Å². The van der Waals surface area contributed by atoms with Crippen molar-refractivity contribution in [2.45, 2.75) is 44.4 Å². The van der Waals surface area contributed by atoms with Gasteiger partial charge in [0.25, 0.3) is 0 Å². The molecule has 1 aromatic rings. The normalized spacial score (nSPS) is 23.1. The van der Waals surface area contributed by atoms with Crippen LogP contribution in [0.3, 0.4) is 0 Å². The second-order valence-electron chi connectivity index (χ2n) is 6.88. The van der Waals surface area contributed by atoms with Crippen LogP contribution >= 0.6 is 0 Å². The summed E-state index contributed by atoms with van der Waals surface area (Å²) < 4.78 is 5.95. The van der Waals surface area contributed by atoms with Crippen molar-refractivity contribution in [3.63, 3.8) is 0 Å². The molecule has 0 aliphatic carbocycles. The zero-order chi connectivity index (χ0) is 17.9. The minimum absolute atomic E-state index is 0.0731. The number of aliphatic carboxylic acids is 1. The van der Waals surface area contributed by atoms with E-state index in [9.17, 15) is 14.7 Å². The number of carboxylic acid groups (broad SMARTS) is 1. The summed E-state index contributed by atoms with van der Waals surface area (Å²) in [5.74, 6) is -1.16. The Hall–Kier alpha value is -1.92. The summed E-state index contributed by atoms with van der Waals surface area (Å²) in [6, 6.07) is 8.56. The van der Waals surface area contributed by atoms with Crippen LogP contribution in [-0.4, -0.2) is 64.8 Å². The predicted molar refractivity (Wildman–Crippen MR) is 93.1 cm³/mol. The molecule has 1 spiro atoms. The monoisotopic (exact) mass is 346 g/mol. The van der Waals surface area contributed by atoms with Gasteiger partial charge in [0.05, 0.1) is 13.0 Å². The van der Waals surface area contributed by atoms with Gasteiger partial charge in [-0.15, -0.1) is 0 Å². The molecule has 1 N–H and O–H groups in total. The molecular formula is C19H26N2O4. The highest BCUT2D eigenvalue weighted by Gasteiger charge is 2.53. The fraction of sp³-hybridized carbons (Fsp3) is 0.579. The lowest BCUT2D eigenvalue weighted by molar-refractivity contribution is -0.165. The van der Waals surface area contributed by atoms with E-state index < -0.39 is 17.7 Å². The van der Waals surface area contributed by atoms with E-state index in [0.717, 1.165) is 31.6 Å². The molecule has 1 atom stereocenters. The maximum atomic E-state index is 13.0. The lowest BCUT2D eigenvalue weighted by atomic mass is 9.96. The molecule has 2 aliphatic rings. The lowest BCUT2D eigenvalue weighted by Gasteiger charge is -2.44. The van der Waals surface area contributed by atoms with Crippen LogP contribution in [-0.2, 0) is 20.7 Å². The first-order chi connectivity index (χ1) is 12.1. The van der Waals surface area contributed by atoms with Crippen LogP contribution in [0.5, 0.6) is 0 Å². The van der Waals surface area contributed by atoms with E-state index in [1.165, 1.54) is 4.90 Å². The standard InChI is InChI=1S/C19H26N2O4/c1-2-10-20-11-8-19(9-12-20)21(16(14-25-19)18(23)24)17(22)13-15-6-4-3-5-7-15/h3-7,16H,2,8-14H2,1H3,(H,23,24)/t16-/m0/s1. The molecular weight excluding hydrogens is 320 g/mol. The number of carbonyl (C=O) groups excluding carboxylic acids is 1. The van der Waals surface area contributed by atoms with E-state index >= 15 is 0 Å². The van der Waals surface area contributed by atoms with Gasteiger partial charge >= 0.3 is 5.97 Å². The van der Waals surface area contributed by atoms with Gasteiger partial charge < -0.3 is 14.7 Å². The van der Waals surface area contributed by atoms with Gasteiger partial charge in [0.1, 0.15) is 5.72 Å². The van der Waals surface area contributed by atoms with E-state index in [1.54, 1.807) is 0 Å². The summed E-state index contributed by atoms with van der Waals surface area (Å²) in [6.45, 7) is 4.90. The number of piperidine rings is 1. The van der Waals surface area contributed by atoms with Crippen molar-refractivity contribution in [3.05, 3.63) is 35.9 Å². The molecule has 136 valence electrons. The van der Waals surface area contributed by atoms with E-state index in [2.05, 4.69) is 11.8 Å². The third-order valence-corrected chi connectivity index (χ3v) is 5.19. The molecule has 2 aliphatic heterocycles. The highest BCUT2D eigenvalue weighted by molar-refractivity contribution is 5.86. The SMILES string of the molecule is CCCN1CCC2(CC1)OC[C@@H](C(=O)O)N2C(=O)Cc1ccccc1. The average molecular weight is 346 g/mol. The molecule has 6 nitrogen and oxygen atoms in total. The fourth-order valence-corrected chi connectivity index (χ4v) is 3.93. The minimum atomic E-state index is -0.991. The Kier molecular flexibility index (Phi) is 5.39. The molecule has 2 heterocycles. The Labute approximate surface area is 148 Å². The lowest BCUT2D eigenvalue weighted by Crippen LogP contribution is -2.58. The molecule has 1 amide bonds. The van der Waals surface area contributed by atoms with Crippen molar-refractivity contribution in [2.24, 2.45) is 0 Å². The van der Waals surface area contributed by atoms with Gasteiger partial charge in [-0.25, -0.2) is 4.79 Å². The van der Waals surface area contributed by atoms with Crippen LogP contribution in [0.25, 0.3) is 0 Å². The Bertz CT molecular complexity index is 611. The van der Waals surface area contributed by atoms with Gasteiger partial charge in [-0.1, -0.05) is 37.3 Å². The van der Waals surface area contributed by atoms with Crippen molar-refractivity contribution in [1.29, 1.82) is 0 Å². The summed E-state index contributed by atoms with van der Waals surface area (Å²) >= 11 is 0. The molecule has 1 aromatic carbocycles. The second kappa shape index (κ2) is 7.54. The largest absolute Gasteiger partial charge is 0.480 e. The summed E-state index contributed by atoms with van der Waals surface area (Å²) in [4.78, 5) is 28.5. The molecule has 3 rings (SSSR count). The first-order valence-electron chi connectivity index (χ1n) is 9.01. The summed E-state index contributed by atoms with van der Waals surface area (Å²) in [5.41, 5.74) is 0.126. The number of ether oxygens (including phenoxy) is 1. The zero-order valence-corrected chi connectivity index (χ0v) is 14.7. The van der Waals surface area contributed by atoms with Crippen LogP contribution in [0, 0.1) is 0 Å². The number of hydrogen-bond acceptors (Lipinski definition) is 4. The first-order valence-corrected chi connectivity index (χ1v) is 9.01. The Balaban J connectivity index is 1.78. The molecule has 0 saturated carbocycles. The minimum Gasteiger partial charge on any atom is -0.480 e. The number of hydrogen-bond donors (Lipinski definition) is 1. The van der Waals surface area contributed by atoms with Crippen LogP contribution in [0.2, 0.25) is 0 Å². The number of carbonyl (C=O) groups is 2. The molecule has 25 heavy (non-hydrogen) atoms. The number of nitrogens with zero attached hydrogens (tertiary/aromatic N) is 2. The Morgan fingerprint density at radius 1 is 1.24 bits per heavy atom. The number of benzene rings is 1. The van der Waals surface area contributed by atoms with Crippen molar-refractivity contribution in [2.75, 3.05) is 26.2 Å². The van der Waals surface area contributed by atoms with Crippen molar-refractivity contribution in [3.8, 4) is 0 Å². The van der Waals surface area contributed by atoms with Gasteiger partial charge in [-0.2, -0.15) is 0 Å². The maximum Gasteiger partial charge on any atom is 0.328 e. The molecule has 0 bridgehead atoms. The molecule has 6 heteroatoms. The summed E-state index contributed by atoms with van der Waals surface area (Å²) in [5, 5.41) is 9.56.